The average Bonchev–Trinajstić information content (AvgIpc) is 2.83. The van der Waals surface area contributed by atoms with Crippen molar-refractivity contribution in [3.8, 4) is 17.2 Å². The molecule has 0 radical (unpaired) electrons. The smallest absolute Gasteiger partial charge is 0.223 e. The van der Waals surface area contributed by atoms with Crippen LogP contribution >= 0.6 is 0 Å². The second-order valence-corrected chi connectivity index (χ2v) is 4.26. The summed E-state index contributed by atoms with van der Waals surface area (Å²) in [5.41, 5.74) is 1.30. The second kappa shape index (κ2) is 4.26. The van der Waals surface area contributed by atoms with Crippen LogP contribution in [0.1, 0.15) is 13.8 Å². The SMILES string of the molecule is CC(C)(C#N)Nc1ncc(-c2cc[nH]c2)cn1. The summed E-state index contributed by atoms with van der Waals surface area (Å²) in [6.45, 7) is 3.55. The minimum Gasteiger partial charge on any atom is -0.367 e. The van der Waals surface area contributed by atoms with Crippen molar-refractivity contribution in [1.29, 1.82) is 5.26 Å². The molecule has 0 fully saturated rings. The zero-order chi connectivity index (χ0) is 12.3. The van der Waals surface area contributed by atoms with Crippen LogP contribution in [0.5, 0.6) is 0 Å². The highest BCUT2D eigenvalue weighted by molar-refractivity contribution is 5.61. The number of rotatable bonds is 3. The lowest BCUT2D eigenvalue weighted by molar-refractivity contribution is 0.717. The molecule has 0 aromatic carbocycles. The maximum absolute atomic E-state index is 8.89. The summed E-state index contributed by atoms with van der Waals surface area (Å²) >= 11 is 0. The predicted octanol–water partition coefficient (Wildman–Crippen LogP) is 2.19. The molecular weight excluding hydrogens is 214 g/mol. The van der Waals surface area contributed by atoms with Crippen LogP contribution in [-0.4, -0.2) is 20.5 Å². The standard InChI is InChI=1S/C12H13N5/c1-12(2,8-13)17-11-15-6-10(7-16-11)9-3-4-14-5-9/h3-7,14H,1-2H3,(H,15,16,17). The van der Waals surface area contributed by atoms with Gasteiger partial charge in [0.2, 0.25) is 5.95 Å². The Morgan fingerprint density at radius 1 is 1.29 bits per heavy atom. The van der Waals surface area contributed by atoms with Crippen LogP contribution in [0.2, 0.25) is 0 Å². The molecule has 0 saturated heterocycles. The Bertz CT molecular complexity index is 519. The maximum atomic E-state index is 8.89. The van der Waals surface area contributed by atoms with E-state index in [2.05, 4.69) is 26.3 Å². The quantitative estimate of drug-likeness (QED) is 0.842. The fourth-order valence-electron chi connectivity index (χ4n) is 1.35. The van der Waals surface area contributed by atoms with Gasteiger partial charge in [0, 0.05) is 35.9 Å². The Morgan fingerprint density at radius 2 is 2.00 bits per heavy atom. The van der Waals surface area contributed by atoms with Gasteiger partial charge in [0.1, 0.15) is 5.54 Å². The number of H-pyrrole nitrogens is 1. The molecule has 17 heavy (non-hydrogen) atoms. The van der Waals surface area contributed by atoms with E-state index in [1.807, 2.05) is 18.5 Å². The molecule has 5 nitrogen and oxygen atoms in total. The summed E-state index contributed by atoms with van der Waals surface area (Å²) in [7, 11) is 0. The zero-order valence-electron chi connectivity index (χ0n) is 9.73. The van der Waals surface area contributed by atoms with E-state index in [1.54, 1.807) is 26.2 Å². The molecule has 2 aromatic rings. The van der Waals surface area contributed by atoms with E-state index in [4.69, 9.17) is 5.26 Å². The molecule has 0 saturated carbocycles. The molecule has 2 rings (SSSR count). The summed E-state index contributed by atoms with van der Waals surface area (Å²) in [5.74, 6) is 0.454. The maximum Gasteiger partial charge on any atom is 0.223 e. The largest absolute Gasteiger partial charge is 0.367 e. The van der Waals surface area contributed by atoms with Gasteiger partial charge in [-0.05, 0) is 19.9 Å². The van der Waals surface area contributed by atoms with Crippen molar-refractivity contribution >= 4 is 5.95 Å². The minimum atomic E-state index is -0.671. The van der Waals surface area contributed by atoms with Crippen molar-refractivity contribution in [1.82, 2.24) is 15.0 Å². The number of hydrogen-bond acceptors (Lipinski definition) is 4. The number of anilines is 1. The van der Waals surface area contributed by atoms with E-state index in [1.165, 1.54) is 0 Å². The van der Waals surface area contributed by atoms with Crippen molar-refractivity contribution in [3.63, 3.8) is 0 Å². The van der Waals surface area contributed by atoms with Crippen molar-refractivity contribution in [2.75, 3.05) is 5.32 Å². The van der Waals surface area contributed by atoms with E-state index in [0.717, 1.165) is 11.1 Å². The first-order valence-electron chi connectivity index (χ1n) is 5.25. The number of aromatic nitrogens is 3. The van der Waals surface area contributed by atoms with Crippen LogP contribution in [0.4, 0.5) is 5.95 Å². The summed E-state index contributed by atoms with van der Waals surface area (Å²) in [6.07, 6.45) is 7.18. The molecule has 0 atom stereocenters. The Hall–Kier alpha value is -2.35. The molecule has 0 bridgehead atoms. The number of nitrogens with one attached hydrogen (secondary N) is 2. The Labute approximate surface area is 99.5 Å². The summed E-state index contributed by atoms with van der Waals surface area (Å²) in [6, 6.07) is 4.09. The number of hydrogen-bond donors (Lipinski definition) is 2. The van der Waals surface area contributed by atoms with Gasteiger partial charge in [0.25, 0.3) is 0 Å². The van der Waals surface area contributed by atoms with Crippen molar-refractivity contribution in [2.45, 2.75) is 19.4 Å². The van der Waals surface area contributed by atoms with Crippen LogP contribution in [0, 0.1) is 11.3 Å². The monoisotopic (exact) mass is 227 g/mol. The second-order valence-electron chi connectivity index (χ2n) is 4.26. The fraction of sp³-hybridized carbons (Fsp3) is 0.250. The van der Waals surface area contributed by atoms with Gasteiger partial charge >= 0.3 is 0 Å². The molecule has 0 spiro atoms. The highest BCUT2D eigenvalue weighted by Gasteiger charge is 2.16. The normalized spacial score (nSPS) is 10.9. The lowest BCUT2D eigenvalue weighted by atomic mass is 10.1. The van der Waals surface area contributed by atoms with E-state index < -0.39 is 5.54 Å². The summed E-state index contributed by atoms with van der Waals surface area (Å²) < 4.78 is 0. The molecule has 5 heteroatoms. The van der Waals surface area contributed by atoms with Gasteiger partial charge < -0.3 is 10.3 Å². The molecule has 0 unspecified atom stereocenters. The predicted molar refractivity (Wildman–Crippen MR) is 65.1 cm³/mol. The molecule has 0 aliphatic heterocycles. The van der Waals surface area contributed by atoms with E-state index in [9.17, 15) is 0 Å². The first-order valence-corrected chi connectivity index (χ1v) is 5.25. The Kier molecular flexibility index (Phi) is 2.79. The molecule has 2 heterocycles. The van der Waals surface area contributed by atoms with Crippen LogP contribution < -0.4 is 5.32 Å². The van der Waals surface area contributed by atoms with Crippen LogP contribution in [0.3, 0.4) is 0 Å². The van der Waals surface area contributed by atoms with Crippen molar-refractivity contribution in [3.05, 3.63) is 30.9 Å². The topological polar surface area (TPSA) is 77.4 Å². The lowest BCUT2D eigenvalue weighted by Gasteiger charge is -2.16. The van der Waals surface area contributed by atoms with Gasteiger partial charge in [-0.1, -0.05) is 0 Å². The first kappa shape index (κ1) is 11.1. The number of nitrogens with zero attached hydrogens (tertiary/aromatic N) is 3. The Morgan fingerprint density at radius 3 is 2.53 bits per heavy atom. The fourth-order valence-corrected chi connectivity index (χ4v) is 1.35. The van der Waals surface area contributed by atoms with E-state index in [0.29, 0.717) is 5.95 Å². The summed E-state index contributed by atoms with van der Waals surface area (Å²) in [5, 5.41) is 11.8. The van der Waals surface area contributed by atoms with Crippen LogP contribution in [0.15, 0.2) is 30.9 Å². The molecular formula is C12H13N5. The zero-order valence-corrected chi connectivity index (χ0v) is 9.73. The number of nitriles is 1. The minimum absolute atomic E-state index is 0.454. The van der Waals surface area contributed by atoms with Crippen LogP contribution in [0.25, 0.3) is 11.1 Å². The third kappa shape index (κ3) is 2.61. The third-order valence-corrected chi connectivity index (χ3v) is 2.29. The van der Waals surface area contributed by atoms with E-state index in [-0.39, 0.29) is 0 Å². The highest BCUT2D eigenvalue weighted by atomic mass is 15.1. The summed E-state index contributed by atoms with van der Waals surface area (Å²) in [4.78, 5) is 11.3. The molecule has 0 aliphatic carbocycles. The van der Waals surface area contributed by atoms with Gasteiger partial charge in [0.05, 0.1) is 6.07 Å². The van der Waals surface area contributed by atoms with Crippen molar-refractivity contribution < 1.29 is 0 Å². The van der Waals surface area contributed by atoms with Crippen LogP contribution in [-0.2, 0) is 0 Å². The van der Waals surface area contributed by atoms with Gasteiger partial charge in [-0.15, -0.1) is 0 Å². The highest BCUT2D eigenvalue weighted by Crippen LogP contribution is 2.17. The Balaban J connectivity index is 2.17. The van der Waals surface area contributed by atoms with Gasteiger partial charge in [-0.2, -0.15) is 5.26 Å². The lowest BCUT2D eigenvalue weighted by Crippen LogP contribution is -2.29. The molecule has 0 aliphatic rings. The number of aromatic amines is 1. The molecule has 2 N–H and O–H groups in total. The molecule has 2 aromatic heterocycles. The van der Waals surface area contributed by atoms with Gasteiger partial charge in [0.15, 0.2) is 0 Å². The third-order valence-electron chi connectivity index (χ3n) is 2.29. The van der Waals surface area contributed by atoms with Gasteiger partial charge in [-0.3, -0.25) is 0 Å². The van der Waals surface area contributed by atoms with Gasteiger partial charge in [-0.25, -0.2) is 9.97 Å². The van der Waals surface area contributed by atoms with Crippen molar-refractivity contribution in [2.24, 2.45) is 0 Å². The molecule has 86 valence electrons. The first-order chi connectivity index (χ1) is 8.11. The van der Waals surface area contributed by atoms with E-state index >= 15 is 0 Å². The molecule has 0 amide bonds. The average molecular weight is 227 g/mol.